The van der Waals surface area contributed by atoms with Gasteiger partial charge in [-0.3, -0.25) is 9.59 Å². The first-order valence-electron chi connectivity index (χ1n) is 9.88. The Morgan fingerprint density at radius 2 is 2.14 bits per heavy atom. The monoisotopic (exact) mass is 429 g/mol. The number of rotatable bonds is 5. The van der Waals surface area contributed by atoms with Gasteiger partial charge in [0.25, 0.3) is 0 Å². The van der Waals surface area contributed by atoms with Crippen molar-refractivity contribution >= 4 is 23.7 Å². The van der Waals surface area contributed by atoms with Crippen LogP contribution in [0.3, 0.4) is 0 Å². The number of esters is 1. The first kappa shape index (κ1) is 25.7. The second-order valence-electron chi connectivity index (χ2n) is 7.91. The summed E-state index contributed by atoms with van der Waals surface area (Å²) in [6, 6.07) is -1.08. The molecule has 0 radical (unpaired) electrons. The summed E-state index contributed by atoms with van der Waals surface area (Å²) < 4.78 is 11.1. The molecule has 0 spiro atoms. The van der Waals surface area contributed by atoms with Crippen LogP contribution in [0.15, 0.2) is 23.8 Å². The fourth-order valence-corrected chi connectivity index (χ4v) is 4.23. The molecule has 166 valence electrons. The van der Waals surface area contributed by atoms with Gasteiger partial charge in [-0.05, 0) is 45.1 Å². The van der Waals surface area contributed by atoms with Crippen molar-refractivity contribution in [2.75, 3.05) is 12.9 Å². The van der Waals surface area contributed by atoms with Gasteiger partial charge in [-0.25, -0.2) is 0 Å². The van der Waals surface area contributed by atoms with Crippen LogP contribution in [0, 0.1) is 5.92 Å². The second-order valence-corrected chi connectivity index (χ2v) is 9.15. The SMILES string of the molecule is CO[C@@H]1/C=C\[C@](C)(O)[C@H](SC[C@H](N)C(=O)O)CC(=O)O[C@H](C)[C@@H](C)CC/C=C\1C. The molecule has 0 unspecified atom stereocenters. The number of allylic oxidation sites excluding steroid dienone is 1. The van der Waals surface area contributed by atoms with E-state index in [2.05, 4.69) is 6.08 Å². The summed E-state index contributed by atoms with van der Waals surface area (Å²) in [6.07, 6.45) is 6.56. The molecule has 7 nitrogen and oxygen atoms in total. The van der Waals surface area contributed by atoms with Gasteiger partial charge in [0.2, 0.25) is 0 Å². The van der Waals surface area contributed by atoms with Crippen LogP contribution in [0.4, 0.5) is 0 Å². The highest BCUT2D eigenvalue weighted by Crippen LogP contribution is 2.30. The maximum atomic E-state index is 12.5. The number of carboxylic acid groups (broad SMARTS) is 1. The summed E-state index contributed by atoms with van der Waals surface area (Å²) >= 11 is 1.15. The zero-order valence-corrected chi connectivity index (χ0v) is 18.8. The van der Waals surface area contributed by atoms with Crippen molar-refractivity contribution < 1.29 is 29.3 Å². The molecular weight excluding hydrogens is 394 g/mol. The fourth-order valence-electron chi connectivity index (χ4n) is 2.98. The molecule has 0 aromatic rings. The Hall–Kier alpha value is -1.35. The van der Waals surface area contributed by atoms with Gasteiger partial charge in [-0.15, -0.1) is 0 Å². The molecule has 0 amide bonds. The molecule has 0 saturated carbocycles. The minimum absolute atomic E-state index is 0.0577. The van der Waals surface area contributed by atoms with Gasteiger partial charge in [0.1, 0.15) is 12.1 Å². The van der Waals surface area contributed by atoms with Crippen molar-refractivity contribution in [1.82, 2.24) is 0 Å². The van der Waals surface area contributed by atoms with Gasteiger partial charge < -0.3 is 25.4 Å². The summed E-state index contributed by atoms with van der Waals surface area (Å²) in [7, 11) is 1.60. The van der Waals surface area contributed by atoms with Gasteiger partial charge in [0.05, 0.1) is 18.1 Å². The van der Waals surface area contributed by atoms with Gasteiger partial charge in [-0.2, -0.15) is 11.8 Å². The molecule has 0 aromatic heterocycles. The van der Waals surface area contributed by atoms with E-state index < -0.39 is 28.8 Å². The molecule has 0 aliphatic carbocycles. The van der Waals surface area contributed by atoms with Crippen LogP contribution in [0.1, 0.15) is 47.0 Å². The molecule has 1 aliphatic rings. The maximum absolute atomic E-state index is 12.5. The van der Waals surface area contributed by atoms with Gasteiger partial charge >= 0.3 is 11.9 Å². The number of hydrogen-bond acceptors (Lipinski definition) is 7. The Morgan fingerprint density at radius 1 is 1.48 bits per heavy atom. The van der Waals surface area contributed by atoms with E-state index in [0.717, 1.165) is 30.2 Å². The third-order valence-electron chi connectivity index (χ3n) is 5.32. The number of carbonyl (C=O) groups excluding carboxylic acids is 1. The van der Waals surface area contributed by atoms with E-state index in [1.807, 2.05) is 20.8 Å². The first-order chi connectivity index (χ1) is 13.5. The normalized spacial score (nSPS) is 36.2. The molecule has 1 heterocycles. The standard InChI is InChI=1S/C21H35NO6S/c1-13-7-6-8-14(2)17(27-5)9-10-21(4,26)18(11-19(23)28-15(13)3)29-12-16(22)20(24)25/h8-10,13,15-18,26H,6-7,11-12,22H2,1-5H3,(H,24,25)/b10-9-,14-8-/t13-,15+,16-,17+,18+,21-/m0/s1. The number of aliphatic carboxylic acids is 1. The van der Waals surface area contributed by atoms with Crippen LogP contribution >= 0.6 is 11.8 Å². The van der Waals surface area contributed by atoms with Crippen LogP contribution < -0.4 is 5.73 Å². The van der Waals surface area contributed by atoms with E-state index in [1.165, 1.54) is 0 Å². The predicted molar refractivity (Wildman–Crippen MR) is 115 cm³/mol. The number of carboxylic acids is 1. The van der Waals surface area contributed by atoms with E-state index in [-0.39, 0.29) is 30.3 Å². The number of thioether (sulfide) groups is 1. The molecule has 0 saturated heterocycles. The predicted octanol–water partition coefficient (Wildman–Crippen LogP) is 2.52. The van der Waals surface area contributed by atoms with Crippen LogP contribution in [0.25, 0.3) is 0 Å². The maximum Gasteiger partial charge on any atom is 0.321 e. The highest BCUT2D eigenvalue weighted by atomic mass is 32.2. The summed E-state index contributed by atoms with van der Waals surface area (Å²) in [5.74, 6) is -1.31. The first-order valence-corrected chi connectivity index (χ1v) is 10.9. The van der Waals surface area contributed by atoms with Crippen molar-refractivity contribution in [2.45, 2.75) is 76.1 Å². The Morgan fingerprint density at radius 3 is 2.72 bits per heavy atom. The van der Waals surface area contributed by atoms with Gasteiger partial charge in [-0.1, -0.05) is 25.2 Å². The molecule has 4 N–H and O–H groups in total. The molecule has 1 aliphatic heterocycles. The van der Waals surface area contributed by atoms with Crippen LogP contribution in [0.2, 0.25) is 0 Å². The minimum atomic E-state index is -1.39. The molecular formula is C21H35NO6S. The number of carbonyl (C=O) groups is 2. The van der Waals surface area contributed by atoms with Gasteiger partial charge in [0, 0.05) is 18.1 Å². The summed E-state index contributed by atoms with van der Waals surface area (Å²) in [4.78, 5) is 23.5. The summed E-state index contributed by atoms with van der Waals surface area (Å²) in [5, 5.41) is 19.5. The van der Waals surface area contributed by atoms with E-state index in [9.17, 15) is 14.7 Å². The number of methoxy groups -OCH3 is 1. The number of cyclic esters (lactones) is 1. The molecule has 8 heteroatoms. The van der Waals surface area contributed by atoms with Crippen molar-refractivity contribution in [3.05, 3.63) is 23.8 Å². The Bertz CT molecular complexity index is 618. The summed E-state index contributed by atoms with van der Waals surface area (Å²) in [5.41, 5.74) is 5.25. The molecule has 29 heavy (non-hydrogen) atoms. The quantitative estimate of drug-likeness (QED) is 0.451. The third-order valence-corrected chi connectivity index (χ3v) is 6.91. The highest BCUT2D eigenvalue weighted by Gasteiger charge is 2.34. The molecule has 0 bridgehead atoms. The zero-order valence-electron chi connectivity index (χ0n) is 18.0. The molecule has 6 atom stereocenters. The van der Waals surface area contributed by atoms with Crippen LogP contribution in [0.5, 0.6) is 0 Å². The smallest absolute Gasteiger partial charge is 0.321 e. The van der Waals surface area contributed by atoms with Crippen LogP contribution in [-0.2, 0) is 19.1 Å². The molecule has 0 fully saturated rings. The van der Waals surface area contributed by atoms with E-state index >= 15 is 0 Å². The lowest BCUT2D eigenvalue weighted by atomic mass is 9.95. The molecule has 0 aromatic carbocycles. The lowest BCUT2D eigenvalue weighted by molar-refractivity contribution is -0.151. The Labute approximate surface area is 177 Å². The van der Waals surface area contributed by atoms with Crippen molar-refractivity contribution in [3.63, 3.8) is 0 Å². The second kappa shape index (κ2) is 11.7. The Balaban J connectivity index is 3.17. The average molecular weight is 430 g/mol. The van der Waals surface area contributed by atoms with Crippen molar-refractivity contribution in [1.29, 1.82) is 0 Å². The zero-order chi connectivity index (χ0) is 22.2. The molecule has 1 rings (SSSR count). The largest absolute Gasteiger partial charge is 0.480 e. The highest BCUT2D eigenvalue weighted by molar-refractivity contribution is 8.00. The lowest BCUT2D eigenvalue weighted by Gasteiger charge is -2.31. The number of aliphatic hydroxyl groups is 1. The lowest BCUT2D eigenvalue weighted by Crippen LogP contribution is -2.40. The Kier molecular flexibility index (Phi) is 10.4. The van der Waals surface area contributed by atoms with Crippen molar-refractivity contribution in [3.8, 4) is 0 Å². The third kappa shape index (κ3) is 8.50. The topological polar surface area (TPSA) is 119 Å². The average Bonchev–Trinajstić information content (AvgIpc) is 2.63. The van der Waals surface area contributed by atoms with E-state index in [1.54, 1.807) is 26.2 Å². The van der Waals surface area contributed by atoms with Crippen LogP contribution in [-0.4, -0.2) is 64.1 Å². The number of ether oxygens (including phenoxy) is 2. The van der Waals surface area contributed by atoms with Gasteiger partial charge in [0.15, 0.2) is 0 Å². The minimum Gasteiger partial charge on any atom is -0.480 e. The number of hydrogen-bond donors (Lipinski definition) is 3. The van der Waals surface area contributed by atoms with E-state index in [4.69, 9.17) is 20.3 Å². The van der Waals surface area contributed by atoms with E-state index in [0.29, 0.717) is 0 Å². The fraction of sp³-hybridized carbons (Fsp3) is 0.714. The summed E-state index contributed by atoms with van der Waals surface area (Å²) in [6.45, 7) is 7.47. The number of nitrogens with two attached hydrogens (primary N) is 1. The van der Waals surface area contributed by atoms with Crippen molar-refractivity contribution in [2.24, 2.45) is 11.7 Å².